The van der Waals surface area contributed by atoms with E-state index in [1.54, 1.807) is 12.3 Å². The lowest BCUT2D eigenvalue weighted by Gasteiger charge is -2.23. The predicted molar refractivity (Wildman–Crippen MR) is 97.1 cm³/mol. The summed E-state index contributed by atoms with van der Waals surface area (Å²) < 4.78 is 15.9. The fraction of sp³-hybridized carbons (Fsp3) is 0.286. The van der Waals surface area contributed by atoms with E-state index < -0.39 is 0 Å². The van der Waals surface area contributed by atoms with Crippen molar-refractivity contribution in [2.24, 2.45) is 0 Å². The molecule has 0 radical (unpaired) electrons. The Labute approximate surface area is 143 Å². The molecule has 124 valence electrons. The zero-order valence-corrected chi connectivity index (χ0v) is 14.9. The van der Waals surface area contributed by atoms with Gasteiger partial charge in [0, 0.05) is 18.0 Å². The standard InChI is InChI=1S/C21H23FN2/c1-14-7-6-8-15(2)19(14)24-12-11-23-20(24)17-10-9-16(22)13-18(17)21(3,4)5/h6-13H,1-5H3. The summed E-state index contributed by atoms with van der Waals surface area (Å²) in [6.45, 7) is 10.5. The van der Waals surface area contributed by atoms with Crippen LogP contribution in [-0.4, -0.2) is 9.55 Å². The van der Waals surface area contributed by atoms with Gasteiger partial charge < -0.3 is 0 Å². The summed E-state index contributed by atoms with van der Waals surface area (Å²) in [5.41, 5.74) is 5.27. The maximum Gasteiger partial charge on any atom is 0.144 e. The first kappa shape index (κ1) is 16.4. The van der Waals surface area contributed by atoms with E-state index in [1.807, 2.05) is 12.3 Å². The van der Waals surface area contributed by atoms with Crippen molar-refractivity contribution in [3.05, 3.63) is 71.3 Å². The van der Waals surface area contributed by atoms with Crippen molar-refractivity contribution < 1.29 is 4.39 Å². The monoisotopic (exact) mass is 322 g/mol. The van der Waals surface area contributed by atoms with Crippen LogP contribution in [0.3, 0.4) is 0 Å². The fourth-order valence-electron chi connectivity index (χ4n) is 3.20. The Balaban J connectivity index is 2.27. The van der Waals surface area contributed by atoms with Crippen molar-refractivity contribution in [3.63, 3.8) is 0 Å². The Morgan fingerprint density at radius 1 is 1.00 bits per heavy atom. The molecule has 3 heteroatoms. The molecule has 0 aliphatic heterocycles. The van der Waals surface area contributed by atoms with E-state index in [1.165, 1.54) is 17.2 Å². The number of halogens is 1. The number of rotatable bonds is 2. The van der Waals surface area contributed by atoms with Crippen LogP contribution in [0.5, 0.6) is 0 Å². The smallest absolute Gasteiger partial charge is 0.144 e. The first-order chi connectivity index (χ1) is 11.3. The molecule has 0 spiro atoms. The third-order valence-electron chi connectivity index (χ3n) is 4.35. The van der Waals surface area contributed by atoms with Gasteiger partial charge in [0.2, 0.25) is 0 Å². The van der Waals surface area contributed by atoms with Crippen LogP contribution in [0.4, 0.5) is 4.39 Å². The highest BCUT2D eigenvalue weighted by atomic mass is 19.1. The number of nitrogens with zero attached hydrogens (tertiary/aromatic N) is 2. The van der Waals surface area contributed by atoms with Crippen molar-refractivity contribution in [3.8, 4) is 17.1 Å². The van der Waals surface area contributed by atoms with E-state index in [0.717, 1.165) is 22.6 Å². The molecule has 0 fully saturated rings. The molecule has 0 aliphatic carbocycles. The largest absolute Gasteiger partial charge is 0.299 e. The Morgan fingerprint density at radius 2 is 1.67 bits per heavy atom. The molecule has 0 N–H and O–H groups in total. The maximum absolute atomic E-state index is 13.8. The molecule has 24 heavy (non-hydrogen) atoms. The molecule has 2 aromatic carbocycles. The average Bonchev–Trinajstić information content (AvgIpc) is 2.95. The zero-order chi connectivity index (χ0) is 17.5. The van der Waals surface area contributed by atoms with Crippen molar-refractivity contribution in [2.75, 3.05) is 0 Å². The number of aryl methyl sites for hydroxylation is 2. The van der Waals surface area contributed by atoms with Gasteiger partial charge >= 0.3 is 0 Å². The first-order valence-electron chi connectivity index (χ1n) is 8.19. The van der Waals surface area contributed by atoms with Gasteiger partial charge in [0.25, 0.3) is 0 Å². The van der Waals surface area contributed by atoms with Gasteiger partial charge in [0.1, 0.15) is 11.6 Å². The van der Waals surface area contributed by atoms with Gasteiger partial charge in [-0.2, -0.15) is 0 Å². The zero-order valence-electron chi connectivity index (χ0n) is 14.9. The highest BCUT2D eigenvalue weighted by Crippen LogP contribution is 2.34. The van der Waals surface area contributed by atoms with Gasteiger partial charge in [-0.15, -0.1) is 0 Å². The van der Waals surface area contributed by atoms with E-state index in [4.69, 9.17) is 0 Å². The average molecular weight is 322 g/mol. The van der Waals surface area contributed by atoms with Crippen molar-refractivity contribution >= 4 is 0 Å². The second-order valence-corrected chi connectivity index (χ2v) is 7.30. The van der Waals surface area contributed by atoms with Crippen LogP contribution in [0.25, 0.3) is 17.1 Å². The van der Waals surface area contributed by atoms with Gasteiger partial charge in [-0.25, -0.2) is 9.37 Å². The van der Waals surface area contributed by atoms with E-state index in [9.17, 15) is 4.39 Å². The molecule has 0 aliphatic rings. The highest BCUT2D eigenvalue weighted by molar-refractivity contribution is 5.66. The number of aromatic nitrogens is 2. The molecule has 1 aromatic heterocycles. The second kappa shape index (κ2) is 5.90. The van der Waals surface area contributed by atoms with Gasteiger partial charge in [-0.3, -0.25) is 4.57 Å². The van der Waals surface area contributed by atoms with Crippen LogP contribution in [0.1, 0.15) is 37.5 Å². The summed E-state index contributed by atoms with van der Waals surface area (Å²) in [5, 5.41) is 0. The third-order valence-corrected chi connectivity index (χ3v) is 4.35. The van der Waals surface area contributed by atoms with E-state index in [-0.39, 0.29) is 11.2 Å². The maximum atomic E-state index is 13.8. The van der Waals surface area contributed by atoms with E-state index in [2.05, 4.69) is 62.4 Å². The molecule has 0 saturated carbocycles. The quantitative estimate of drug-likeness (QED) is 0.601. The van der Waals surface area contributed by atoms with Gasteiger partial charge in [0.05, 0.1) is 5.69 Å². The Hall–Kier alpha value is -2.42. The van der Waals surface area contributed by atoms with Crippen LogP contribution in [0.15, 0.2) is 48.8 Å². The van der Waals surface area contributed by atoms with Crippen LogP contribution < -0.4 is 0 Å². The molecular formula is C21H23FN2. The molecular weight excluding hydrogens is 299 g/mol. The lowest BCUT2D eigenvalue weighted by atomic mass is 9.83. The molecule has 0 amide bonds. The summed E-state index contributed by atoms with van der Waals surface area (Å²) in [7, 11) is 0. The van der Waals surface area contributed by atoms with E-state index in [0.29, 0.717) is 0 Å². The van der Waals surface area contributed by atoms with Crippen LogP contribution in [0, 0.1) is 19.7 Å². The first-order valence-corrected chi connectivity index (χ1v) is 8.19. The summed E-state index contributed by atoms with van der Waals surface area (Å²) in [5.74, 6) is 0.631. The minimum absolute atomic E-state index is 0.172. The molecule has 0 bridgehead atoms. The highest BCUT2D eigenvalue weighted by Gasteiger charge is 2.22. The number of hydrogen-bond acceptors (Lipinski definition) is 1. The Kier molecular flexibility index (Phi) is 4.04. The molecule has 3 rings (SSSR count). The number of para-hydroxylation sites is 1. The Morgan fingerprint density at radius 3 is 2.29 bits per heavy atom. The summed E-state index contributed by atoms with van der Waals surface area (Å²) in [6, 6.07) is 11.2. The predicted octanol–water partition coefficient (Wildman–Crippen LogP) is 5.59. The van der Waals surface area contributed by atoms with Crippen LogP contribution >= 0.6 is 0 Å². The number of benzene rings is 2. The topological polar surface area (TPSA) is 17.8 Å². The van der Waals surface area contributed by atoms with Gasteiger partial charge in [-0.1, -0.05) is 39.0 Å². The summed E-state index contributed by atoms with van der Waals surface area (Å²) in [6.07, 6.45) is 3.78. The normalized spacial score (nSPS) is 11.8. The minimum Gasteiger partial charge on any atom is -0.299 e. The SMILES string of the molecule is Cc1cccc(C)c1-n1ccnc1-c1ccc(F)cc1C(C)(C)C. The molecule has 3 aromatic rings. The van der Waals surface area contributed by atoms with Gasteiger partial charge in [-0.05, 0) is 54.2 Å². The second-order valence-electron chi connectivity index (χ2n) is 7.30. The third kappa shape index (κ3) is 2.86. The number of hydrogen-bond donors (Lipinski definition) is 0. The molecule has 2 nitrogen and oxygen atoms in total. The fourth-order valence-corrected chi connectivity index (χ4v) is 3.20. The van der Waals surface area contributed by atoms with Crippen LogP contribution in [-0.2, 0) is 5.41 Å². The number of imidazole rings is 1. The lowest BCUT2D eigenvalue weighted by Crippen LogP contribution is -2.14. The summed E-state index contributed by atoms with van der Waals surface area (Å²) in [4.78, 5) is 4.59. The van der Waals surface area contributed by atoms with Crippen LogP contribution in [0.2, 0.25) is 0 Å². The van der Waals surface area contributed by atoms with Crippen molar-refractivity contribution in [1.82, 2.24) is 9.55 Å². The summed E-state index contributed by atoms with van der Waals surface area (Å²) >= 11 is 0. The van der Waals surface area contributed by atoms with Crippen molar-refractivity contribution in [1.29, 1.82) is 0 Å². The Bertz CT molecular complexity index is 865. The molecule has 0 saturated heterocycles. The van der Waals surface area contributed by atoms with Gasteiger partial charge in [0.15, 0.2) is 0 Å². The molecule has 0 atom stereocenters. The lowest BCUT2D eigenvalue weighted by molar-refractivity contribution is 0.573. The minimum atomic E-state index is -0.214. The molecule has 0 unspecified atom stereocenters. The van der Waals surface area contributed by atoms with Crippen molar-refractivity contribution in [2.45, 2.75) is 40.0 Å². The van der Waals surface area contributed by atoms with E-state index >= 15 is 0 Å². The molecule has 1 heterocycles.